The number of carboxylic acid groups (broad SMARTS) is 1. The van der Waals surface area contributed by atoms with E-state index >= 15 is 0 Å². The summed E-state index contributed by atoms with van der Waals surface area (Å²) in [6.07, 6.45) is 1.85. The first-order chi connectivity index (χ1) is 32.5. The van der Waals surface area contributed by atoms with Crippen molar-refractivity contribution >= 4 is 65.1 Å². The number of aliphatic hydroxyl groups is 1. The SMILES string of the molecule is CC(C)C[C@H](NC(=O)[C@H](C)NC(=O)[C@H](CCCCN)NC(=O)[C@H](CCCN=C(N)N)NC(=O)[C@@H](N)CCCN=C(N)N)C(=O)N[C@@H](CCC(N)=O)C(=O)N[C@@H](CO)C(=O)N[C@@H](CCCCN)C(=O)O. The summed E-state index contributed by atoms with van der Waals surface area (Å²) in [7, 11) is 0. The lowest BCUT2D eigenvalue weighted by Gasteiger charge is -2.27. The smallest absolute Gasteiger partial charge is 0.326 e. The summed E-state index contributed by atoms with van der Waals surface area (Å²) in [5.41, 5.74) is 44.1. The van der Waals surface area contributed by atoms with Crippen molar-refractivity contribution in [3.05, 3.63) is 0 Å². The van der Waals surface area contributed by atoms with Crippen LogP contribution in [0.4, 0.5) is 0 Å². The van der Waals surface area contributed by atoms with E-state index in [2.05, 4.69) is 47.2 Å². The Morgan fingerprint density at radius 2 is 0.870 bits per heavy atom. The molecule has 0 aromatic carbocycles. The Hall–Kier alpha value is -6.39. The summed E-state index contributed by atoms with van der Waals surface area (Å²) < 4.78 is 0. The minimum Gasteiger partial charge on any atom is -0.480 e. The van der Waals surface area contributed by atoms with Crippen molar-refractivity contribution in [3.8, 4) is 0 Å². The van der Waals surface area contributed by atoms with Crippen LogP contribution in [0.25, 0.3) is 0 Å². The Morgan fingerprint density at radius 3 is 1.33 bits per heavy atom. The van der Waals surface area contributed by atoms with Gasteiger partial charge in [-0.1, -0.05) is 13.8 Å². The summed E-state index contributed by atoms with van der Waals surface area (Å²) in [4.78, 5) is 126. The Kier molecular flexibility index (Phi) is 31.6. The zero-order valence-corrected chi connectivity index (χ0v) is 40.0. The quantitative estimate of drug-likeness (QED) is 0.0156. The first-order valence-corrected chi connectivity index (χ1v) is 23.0. The zero-order chi connectivity index (χ0) is 52.6. The van der Waals surface area contributed by atoms with Gasteiger partial charge < -0.3 is 93.3 Å². The molecular weight excluding hydrogens is 907 g/mol. The summed E-state index contributed by atoms with van der Waals surface area (Å²) in [5.74, 6) is -8.73. The fourth-order valence-corrected chi connectivity index (χ4v) is 6.43. The van der Waals surface area contributed by atoms with E-state index < -0.39 is 115 Å². The molecule has 0 spiro atoms. The summed E-state index contributed by atoms with van der Waals surface area (Å²) in [6.45, 7) is 4.75. The van der Waals surface area contributed by atoms with Gasteiger partial charge >= 0.3 is 5.97 Å². The number of carbonyl (C=O) groups is 9. The van der Waals surface area contributed by atoms with Gasteiger partial charge in [0.15, 0.2) is 11.9 Å². The van der Waals surface area contributed by atoms with Gasteiger partial charge in [0.1, 0.15) is 42.3 Å². The number of aliphatic hydroxyl groups excluding tert-OH is 1. The van der Waals surface area contributed by atoms with E-state index in [1.165, 1.54) is 6.92 Å². The molecule has 0 heterocycles. The van der Waals surface area contributed by atoms with Crippen molar-refractivity contribution in [2.75, 3.05) is 32.8 Å². The van der Waals surface area contributed by atoms with Crippen molar-refractivity contribution in [1.29, 1.82) is 0 Å². The Morgan fingerprint density at radius 1 is 0.478 bits per heavy atom. The third kappa shape index (κ3) is 27.9. The largest absolute Gasteiger partial charge is 0.480 e. The van der Waals surface area contributed by atoms with Crippen LogP contribution in [0.3, 0.4) is 0 Å². The first-order valence-electron chi connectivity index (χ1n) is 23.0. The molecular formula is C41H79N17O11. The Bertz CT molecular complexity index is 1730. The number of carbonyl (C=O) groups excluding carboxylic acids is 8. The third-order valence-corrected chi connectivity index (χ3v) is 10.2. The van der Waals surface area contributed by atoms with E-state index in [-0.39, 0.29) is 82.4 Å². The number of rotatable bonds is 37. The zero-order valence-electron chi connectivity index (χ0n) is 40.0. The maximum atomic E-state index is 13.8. The van der Waals surface area contributed by atoms with Crippen molar-refractivity contribution < 1.29 is 53.4 Å². The predicted octanol–water partition coefficient (Wildman–Crippen LogP) is -6.52. The fraction of sp³-hybridized carbons (Fsp3) is 0.732. The van der Waals surface area contributed by atoms with Crippen LogP contribution in [0.5, 0.6) is 0 Å². The highest BCUT2D eigenvalue weighted by molar-refractivity contribution is 5.97. The molecule has 8 amide bonds. The minimum atomic E-state index is -1.67. The lowest BCUT2D eigenvalue weighted by atomic mass is 10.0. The number of aliphatic imine (C=N–C) groups is 2. The second-order valence-electron chi connectivity index (χ2n) is 16.8. The van der Waals surface area contributed by atoms with Crippen LogP contribution < -0.4 is 83.1 Å². The molecule has 0 saturated heterocycles. The molecule has 0 aromatic heterocycles. The molecule has 0 bridgehead atoms. The van der Waals surface area contributed by atoms with Crippen LogP contribution in [0.1, 0.15) is 104 Å². The number of nitrogens with zero attached hydrogens (tertiary/aromatic N) is 2. The van der Waals surface area contributed by atoms with Gasteiger partial charge in [0, 0.05) is 19.5 Å². The van der Waals surface area contributed by atoms with Crippen molar-refractivity contribution in [2.24, 2.45) is 61.8 Å². The molecule has 69 heavy (non-hydrogen) atoms. The van der Waals surface area contributed by atoms with Gasteiger partial charge in [0.25, 0.3) is 0 Å². The van der Waals surface area contributed by atoms with Crippen LogP contribution in [-0.4, -0.2) is 156 Å². The average Bonchev–Trinajstić information content (AvgIpc) is 3.27. The summed E-state index contributed by atoms with van der Waals surface area (Å²) in [6, 6.07) is -10.7. The number of nitrogens with one attached hydrogen (secondary N) is 7. The van der Waals surface area contributed by atoms with Crippen LogP contribution in [0.15, 0.2) is 9.98 Å². The molecule has 0 aliphatic carbocycles. The number of carboxylic acids is 1. The van der Waals surface area contributed by atoms with Gasteiger partial charge in [-0.25, -0.2) is 4.79 Å². The molecule has 394 valence electrons. The number of guanidine groups is 2. The monoisotopic (exact) mass is 986 g/mol. The van der Waals surface area contributed by atoms with Gasteiger partial charge in [-0.2, -0.15) is 0 Å². The number of hydrogen-bond acceptors (Lipinski definition) is 15. The number of nitrogens with two attached hydrogens (primary N) is 8. The normalized spacial score (nSPS) is 14.4. The molecule has 0 aliphatic rings. The van der Waals surface area contributed by atoms with Crippen LogP contribution in [0.2, 0.25) is 0 Å². The first kappa shape index (κ1) is 62.6. The maximum Gasteiger partial charge on any atom is 0.326 e. The molecule has 0 aliphatic heterocycles. The Labute approximate surface area is 402 Å². The van der Waals surface area contributed by atoms with E-state index in [1.54, 1.807) is 13.8 Å². The number of unbranched alkanes of at least 4 members (excludes halogenated alkanes) is 2. The number of hydrogen-bond donors (Lipinski definition) is 17. The lowest BCUT2D eigenvalue weighted by Crippen LogP contribution is -2.60. The third-order valence-electron chi connectivity index (χ3n) is 10.2. The summed E-state index contributed by atoms with van der Waals surface area (Å²) >= 11 is 0. The molecule has 8 atom stereocenters. The van der Waals surface area contributed by atoms with Gasteiger partial charge in [-0.3, -0.25) is 48.3 Å². The molecule has 0 fully saturated rings. The van der Waals surface area contributed by atoms with Gasteiger partial charge in [-0.05, 0) is 103 Å². The van der Waals surface area contributed by atoms with E-state index in [1.807, 2.05) is 0 Å². The molecule has 28 heteroatoms. The highest BCUT2D eigenvalue weighted by atomic mass is 16.4. The number of primary amides is 1. The molecule has 28 nitrogen and oxygen atoms in total. The molecule has 0 unspecified atom stereocenters. The van der Waals surface area contributed by atoms with E-state index in [0.29, 0.717) is 38.6 Å². The minimum absolute atomic E-state index is 0.0127. The second kappa shape index (κ2) is 34.8. The van der Waals surface area contributed by atoms with Crippen LogP contribution in [0, 0.1) is 5.92 Å². The summed E-state index contributed by atoms with van der Waals surface area (Å²) in [5, 5.41) is 36.9. The fourth-order valence-electron chi connectivity index (χ4n) is 6.43. The molecule has 0 saturated carbocycles. The van der Waals surface area contributed by atoms with E-state index in [4.69, 9.17) is 45.9 Å². The van der Waals surface area contributed by atoms with Crippen molar-refractivity contribution in [1.82, 2.24) is 37.2 Å². The highest BCUT2D eigenvalue weighted by Gasteiger charge is 2.34. The van der Waals surface area contributed by atoms with Crippen LogP contribution in [-0.2, 0) is 43.2 Å². The van der Waals surface area contributed by atoms with E-state index in [0.717, 1.165) is 0 Å². The predicted molar refractivity (Wildman–Crippen MR) is 255 cm³/mol. The van der Waals surface area contributed by atoms with Crippen molar-refractivity contribution in [3.63, 3.8) is 0 Å². The van der Waals surface area contributed by atoms with Gasteiger partial charge in [0.05, 0.1) is 12.6 Å². The van der Waals surface area contributed by atoms with E-state index in [9.17, 15) is 53.4 Å². The molecule has 25 N–H and O–H groups in total. The van der Waals surface area contributed by atoms with Gasteiger partial charge in [-0.15, -0.1) is 0 Å². The average molecular weight is 986 g/mol. The molecule has 0 radical (unpaired) electrons. The number of amides is 8. The molecule has 0 aromatic rings. The Balaban J connectivity index is 6.25. The van der Waals surface area contributed by atoms with Gasteiger partial charge in [0.2, 0.25) is 47.3 Å². The standard InChI is InChI=1S/C41H79N17O11/c1-22(2)20-29(37(66)55-27(14-15-31(45)60)36(65)58-30(21-59)38(67)56-28(39(68)69)12-5-7-17-43)57-32(61)23(3)52-34(63)25(11-4-6-16-42)54-35(64)26(13-9-19-51-41(48)49)53-33(62)24(44)10-8-18-50-40(46)47/h22-30,59H,4-21,42-44H2,1-3H3,(H2,45,60)(H,52,63)(H,53,62)(H,54,64)(H,55,66)(H,56,67)(H,57,61)(H,58,65)(H,68,69)(H4,46,47,50)(H4,48,49,51)/t23-,24-,25-,26-,27-,28-,29-,30-/m0/s1. The topological polar surface area (TPSA) is 511 Å². The second-order valence-corrected chi connectivity index (χ2v) is 16.8. The number of aliphatic carboxylic acids is 1. The van der Waals surface area contributed by atoms with Crippen molar-refractivity contribution in [2.45, 2.75) is 153 Å². The molecule has 0 rings (SSSR count). The maximum absolute atomic E-state index is 13.8. The van der Waals surface area contributed by atoms with Crippen LogP contribution >= 0.6 is 0 Å². The highest BCUT2D eigenvalue weighted by Crippen LogP contribution is 2.10. The lowest BCUT2D eigenvalue weighted by molar-refractivity contribution is -0.142.